The van der Waals surface area contributed by atoms with E-state index in [1.54, 1.807) is 12.3 Å². The van der Waals surface area contributed by atoms with Crippen molar-refractivity contribution in [2.45, 2.75) is 13.3 Å². The van der Waals surface area contributed by atoms with E-state index < -0.39 is 0 Å². The number of thiazole rings is 1. The van der Waals surface area contributed by atoms with E-state index in [0.717, 1.165) is 10.8 Å². The number of nitrogens with zero attached hydrogens (tertiary/aromatic N) is 1. The van der Waals surface area contributed by atoms with Crippen LogP contribution in [-0.4, -0.2) is 16.8 Å². The molecule has 2 aromatic carbocycles. The molecular formula is C19H19N5O2S. The number of aromatic nitrogens is 1. The number of hydrogen-bond donors (Lipinski definition) is 4. The van der Waals surface area contributed by atoms with Crippen LogP contribution in [0.3, 0.4) is 0 Å². The first-order valence-electron chi connectivity index (χ1n) is 8.22. The Hall–Kier alpha value is -3.39. The van der Waals surface area contributed by atoms with Crippen LogP contribution in [0.25, 0.3) is 10.8 Å². The van der Waals surface area contributed by atoms with E-state index in [4.69, 9.17) is 5.73 Å². The van der Waals surface area contributed by atoms with Gasteiger partial charge in [0.25, 0.3) is 0 Å². The summed E-state index contributed by atoms with van der Waals surface area (Å²) in [6.07, 6.45) is 1.48. The Labute approximate surface area is 160 Å². The lowest BCUT2D eigenvalue weighted by atomic mass is 10.1. The van der Waals surface area contributed by atoms with Gasteiger partial charge in [-0.15, -0.1) is 11.3 Å². The van der Waals surface area contributed by atoms with Gasteiger partial charge in [0.15, 0.2) is 5.13 Å². The van der Waals surface area contributed by atoms with Crippen molar-refractivity contribution in [3.63, 3.8) is 0 Å². The number of rotatable bonds is 6. The molecule has 0 aliphatic carbocycles. The number of benzene rings is 2. The topological polar surface area (TPSA) is 109 Å². The van der Waals surface area contributed by atoms with E-state index in [0.29, 0.717) is 22.2 Å². The van der Waals surface area contributed by atoms with Crippen molar-refractivity contribution >= 4 is 44.7 Å². The van der Waals surface area contributed by atoms with Gasteiger partial charge in [0.05, 0.1) is 12.1 Å². The number of hydrogen-bond acceptors (Lipinski definition) is 6. The summed E-state index contributed by atoms with van der Waals surface area (Å²) in [4.78, 5) is 28.0. The smallest absolute Gasteiger partial charge is 0.250 e. The summed E-state index contributed by atoms with van der Waals surface area (Å²) in [7, 11) is 0. The highest BCUT2D eigenvalue weighted by molar-refractivity contribution is 7.13. The Kier molecular flexibility index (Phi) is 5.68. The van der Waals surface area contributed by atoms with Gasteiger partial charge in [-0.2, -0.15) is 0 Å². The molecule has 0 bridgehead atoms. The molecule has 0 radical (unpaired) electrons. The van der Waals surface area contributed by atoms with Gasteiger partial charge < -0.3 is 16.5 Å². The van der Waals surface area contributed by atoms with E-state index in [9.17, 15) is 9.59 Å². The van der Waals surface area contributed by atoms with Gasteiger partial charge in [0.2, 0.25) is 11.8 Å². The van der Waals surface area contributed by atoms with E-state index >= 15 is 0 Å². The Morgan fingerprint density at radius 3 is 2.67 bits per heavy atom. The Balaban J connectivity index is 1.51. The summed E-state index contributed by atoms with van der Waals surface area (Å²) in [5.74, 6) is -0.570. The molecule has 1 heterocycles. The summed E-state index contributed by atoms with van der Waals surface area (Å²) < 4.78 is 0. The first kappa shape index (κ1) is 18.4. The van der Waals surface area contributed by atoms with Gasteiger partial charge in [0, 0.05) is 22.8 Å². The van der Waals surface area contributed by atoms with Crippen LogP contribution in [0.5, 0.6) is 0 Å². The van der Waals surface area contributed by atoms with Crippen LogP contribution in [0, 0.1) is 0 Å². The highest BCUT2D eigenvalue weighted by Gasteiger charge is 2.07. The molecule has 0 saturated heterocycles. The first-order valence-corrected chi connectivity index (χ1v) is 9.10. The average molecular weight is 381 g/mol. The number of nitrogens with one attached hydrogen (secondary N) is 3. The third-order valence-corrected chi connectivity index (χ3v) is 4.40. The van der Waals surface area contributed by atoms with Crippen LogP contribution in [0.4, 0.5) is 10.8 Å². The lowest BCUT2D eigenvalue weighted by molar-refractivity contribution is -0.121. The van der Waals surface area contributed by atoms with E-state index in [1.807, 2.05) is 42.5 Å². The maximum absolute atomic E-state index is 12.1. The molecule has 138 valence electrons. The quantitative estimate of drug-likeness (QED) is 0.388. The second kappa shape index (κ2) is 8.33. The molecule has 7 nitrogen and oxygen atoms in total. The van der Waals surface area contributed by atoms with Crippen LogP contribution in [0.2, 0.25) is 0 Å². The van der Waals surface area contributed by atoms with E-state index in [2.05, 4.69) is 21.2 Å². The van der Waals surface area contributed by atoms with Gasteiger partial charge >= 0.3 is 0 Å². The third-order valence-electron chi connectivity index (χ3n) is 3.67. The molecule has 0 atom stereocenters. The van der Waals surface area contributed by atoms with Crippen molar-refractivity contribution < 1.29 is 9.59 Å². The second-order valence-corrected chi connectivity index (χ2v) is 6.80. The zero-order valence-corrected chi connectivity index (χ0v) is 15.5. The predicted molar refractivity (Wildman–Crippen MR) is 108 cm³/mol. The van der Waals surface area contributed by atoms with Crippen molar-refractivity contribution in [2.75, 3.05) is 11.1 Å². The number of fused-ring (bicyclic) bond motifs is 1. The molecule has 0 fully saturated rings. The third kappa shape index (κ3) is 5.29. The minimum absolute atomic E-state index is 0.108. The van der Waals surface area contributed by atoms with Crippen LogP contribution in [0.15, 0.2) is 59.6 Å². The maximum atomic E-state index is 12.1. The molecule has 27 heavy (non-hydrogen) atoms. The van der Waals surface area contributed by atoms with Crippen LogP contribution >= 0.6 is 11.3 Å². The van der Waals surface area contributed by atoms with Crippen molar-refractivity contribution in [3.05, 3.63) is 65.3 Å². The van der Waals surface area contributed by atoms with Gasteiger partial charge in [-0.05, 0) is 29.8 Å². The summed E-state index contributed by atoms with van der Waals surface area (Å²) in [5, 5.41) is 7.11. The predicted octanol–water partition coefficient (Wildman–Crippen LogP) is 2.58. The molecular weight excluding hydrogens is 362 g/mol. The number of amides is 2. The average Bonchev–Trinajstić information content (AvgIpc) is 3.04. The minimum Gasteiger partial charge on any atom is -0.375 e. The van der Waals surface area contributed by atoms with Crippen molar-refractivity contribution in [2.24, 2.45) is 0 Å². The van der Waals surface area contributed by atoms with Crippen molar-refractivity contribution in [1.82, 2.24) is 15.8 Å². The fourth-order valence-corrected chi connectivity index (χ4v) is 3.02. The molecule has 3 aromatic rings. The standard InChI is InChI=1S/C19H19N5O2S/c1-12(23-24-18(26)10-16-11-27-19(20)22-16)8-17(25)21-15-7-6-13-4-2-3-5-14(13)9-15/h2-9,11,23H,10H2,1H3,(H2,20,22)(H,21,25)(H,24,26)/b12-8-. The Morgan fingerprint density at radius 1 is 1.15 bits per heavy atom. The largest absolute Gasteiger partial charge is 0.375 e. The minimum atomic E-state index is -0.295. The number of anilines is 2. The van der Waals surface area contributed by atoms with Crippen molar-refractivity contribution in [1.29, 1.82) is 0 Å². The molecule has 3 rings (SSSR count). The molecule has 5 N–H and O–H groups in total. The van der Waals surface area contributed by atoms with Crippen molar-refractivity contribution in [3.8, 4) is 0 Å². The lowest BCUT2D eigenvalue weighted by Gasteiger charge is -2.09. The number of allylic oxidation sites excluding steroid dienone is 1. The monoisotopic (exact) mass is 381 g/mol. The van der Waals surface area contributed by atoms with Gasteiger partial charge in [0.1, 0.15) is 0 Å². The number of nitrogen functional groups attached to an aromatic ring is 1. The molecule has 0 saturated carbocycles. The molecule has 0 aliphatic heterocycles. The molecule has 1 aromatic heterocycles. The summed E-state index contributed by atoms with van der Waals surface area (Å²) in [5.41, 5.74) is 12.6. The first-order chi connectivity index (χ1) is 13.0. The maximum Gasteiger partial charge on any atom is 0.250 e. The van der Waals surface area contributed by atoms with Crippen LogP contribution < -0.4 is 21.9 Å². The van der Waals surface area contributed by atoms with Gasteiger partial charge in [-0.25, -0.2) is 4.98 Å². The molecule has 2 amide bonds. The zero-order chi connectivity index (χ0) is 19.2. The summed E-state index contributed by atoms with van der Waals surface area (Å²) >= 11 is 1.28. The Morgan fingerprint density at radius 2 is 1.93 bits per heavy atom. The van der Waals surface area contributed by atoms with Crippen LogP contribution in [-0.2, 0) is 16.0 Å². The highest BCUT2D eigenvalue weighted by atomic mass is 32.1. The number of carbonyl (C=O) groups excluding carboxylic acids is 2. The lowest BCUT2D eigenvalue weighted by Crippen LogP contribution is -2.37. The summed E-state index contributed by atoms with van der Waals surface area (Å²) in [6, 6.07) is 13.6. The fraction of sp³-hybridized carbons (Fsp3) is 0.105. The zero-order valence-electron chi connectivity index (χ0n) is 14.7. The van der Waals surface area contributed by atoms with Gasteiger partial charge in [-0.3, -0.25) is 15.0 Å². The SMILES string of the molecule is C/C(=C/C(=O)Nc1ccc2ccccc2c1)NNC(=O)Cc1csc(N)n1. The molecule has 8 heteroatoms. The molecule has 0 spiro atoms. The molecule has 0 unspecified atom stereocenters. The van der Waals surface area contributed by atoms with Gasteiger partial charge in [-0.1, -0.05) is 30.3 Å². The van der Waals surface area contributed by atoms with Crippen LogP contribution in [0.1, 0.15) is 12.6 Å². The number of nitrogens with two attached hydrogens (primary N) is 1. The normalized spacial score (nSPS) is 11.2. The van der Waals surface area contributed by atoms with E-state index in [1.165, 1.54) is 17.4 Å². The highest BCUT2D eigenvalue weighted by Crippen LogP contribution is 2.18. The Bertz CT molecular complexity index is 1010. The summed E-state index contributed by atoms with van der Waals surface area (Å²) in [6.45, 7) is 1.68. The number of hydrazine groups is 1. The number of carbonyl (C=O) groups is 2. The van der Waals surface area contributed by atoms with E-state index in [-0.39, 0.29) is 18.2 Å². The molecule has 0 aliphatic rings. The second-order valence-electron chi connectivity index (χ2n) is 5.91. The fourth-order valence-electron chi connectivity index (χ4n) is 2.46.